The Kier molecular flexibility index (Phi) is 5.77. The topological polar surface area (TPSA) is 16.1 Å². The largest absolute Gasteiger partial charge is 0.374 e. The van der Waals surface area contributed by atoms with Crippen LogP contribution in [0.25, 0.3) is 6.08 Å². The van der Waals surface area contributed by atoms with Crippen LogP contribution in [0.1, 0.15) is 18.4 Å². The summed E-state index contributed by atoms with van der Waals surface area (Å²) >= 11 is 6.50. The second-order valence-electron chi connectivity index (χ2n) is 4.58. The molecule has 100 valence electrons. The third-order valence-electron chi connectivity index (χ3n) is 3.60. The highest BCUT2D eigenvalue weighted by molar-refractivity contribution is 6.23. The van der Waals surface area contributed by atoms with Crippen molar-refractivity contribution in [1.82, 2.24) is 9.88 Å². The van der Waals surface area contributed by atoms with Crippen molar-refractivity contribution in [3.05, 3.63) is 35.8 Å². The molecule has 1 atom stereocenters. The van der Waals surface area contributed by atoms with E-state index in [-0.39, 0.29) is 30.2 Å². The molecule has 1 aromatic rings. The van der Waals surface area contributed by atoms with Gasteiger partial charge in [-0.25, -0.2) is 0 Å². The Morgan fingerprint density at radius 3 is 2.56 bits per heavy atom. The lowest BCUT2D eigenvalue weighted by atomic mass is 9.85. The van der Waals surface area contributed by atoms with E-state index in [9.17, 15) is 0 Å². The molecule has 0 N–H and O–H groups in total. The fourth-order valence-electron chi connectivity index (χ4n) is 2.67. The van der Waals surface area contributed by atoms with Gasteiger partial charge in [0, 0.05) is 31.2 Å². The van der Waals surface area contributed by atoms with Crippen molar-refractivity contribution in [3.63, 3.8) is 0 Å². The Morgan fingerprint density at radius 1 is 1.28 bits per heavy atom. The lowest BCUT2D eigenvalue weighted by Gasteiger charge is -2.45. The van der Waals surface area contributed by atoms with Gasteiger partial charge in [-0.3, -0.25) is 4.98 Å². The lowest BCUT2D eigenvalue weighted by molar-refractivity contribution is 0.166. The van der Waals surface area contributed by atoms with Gasteiger partial charge in [0.15, 0.2) is 0 Å². The van der Waals surface area contributed by atoms with Crippen LogP contribution in [0.2, 0.25) is 0 Å². The molecule has 4 heterocycles. The summed E-state index contributed by atoms with van der Waals surface area (Å²) in [6, 6.07) is 4.04. The van der Waals surface area contributed by atoms with Crippen molar-refractivity contribution in [3.8, 4) is 0 Å². The predicted molar refractivity (Wildman–Crippen MR) is 80.6 cm³/mol. The van der Waals surface area contributed by atoms with E-state index in [0.29, 0.717) is 5.92 Å². The van der Waals surface area contributed by atoms with Crippen LogP contribution in [0, 0.1) is 5.92 Å². The second kappa shape index (κ2) is 6.65. The monoisotopic (exact) mass is 306 g/mol. The molecule has 0 amide bonds. The van der Waals surface area contributed by atoms with Gasteiger partial charge >= 0.3 is 0 Å². The Labute approximate surface area is 125 Å². The van der Waals surface area contributed by atoms with Crippen LogP contribution in [0.15, 0.2) is 30.2 Å². The number of allylic oxidation sites excluding steroid dienone is 1. The first-order chi connectivity index (χ1) is 7.84. The Balaban J connectivity index is 0.000000810. The number of nitrogens with zero attached hydrogens (tertiary/aromatic N) is 2. The Morgan fingerprint density at radius 2 is 2.00 bits per heavy atom. The quantitative estimate of drug-likeness (QED) is 0.737. The Hall–Kier alpha value is -0.440. The maximum absolute atomic E-state index is 6.50. The van der Waals surface area contributed by atoms with E-state index in [0.717, 1.165) is 5.56 Å². The maximum Gasteiger partial charge on any atom is 0.0763 e. The van der Waals surface area contributed by atoms with E-state index < -0.39 is 0 Å². The summed E-state index contributed by atoms with van der Waals surface area (Å²) in [5.41, 5.74) is 2.44. The number of pyridine rings is 1. The number of hydrogen-bond donors (Lipinski definition) is 0. The molecule has 1 aromatic heterocycles. The maximum atomic E-state index is 6.50. The van der Waals surface area contributed by atoms with Crippen LogP contribution < -0.4 is 0 Å². The molecule has 0 aliphatic carbocycles. The van der Waals surface area contributed by atoms with Gasteiger partial charge in [0.1, 0.15) is 0 Å². The molecule has 18 heavy (non-hydrogen) atoms. The van der Waals surface area contributed by atoms with E-state index in [1.165, 1.54) is 31.6 Å². The lowest BCUT2D eigenvalue weighted by Crippen LogP contribution is -2.46. The molecule has 5 heteroatoms. The number of alkyl halides is 1. The molecule has 4 rings (SSSR count). The molecule has 3 fully saturated rings. The average molecular weight is 308 g/mol. The summed E-state index contributed by atoms with van der Waals surface area (Å²) in [5, 5.41) is 0.197. The third kappa shape index (κ3) is 2.93. The smallest absolute Gasteiger partial charge is 0.0763 e. The van der Waals surface area contributed by atoms with Gasteiger partial charge in [0.2, 0.25) is 0 Å². The first-order valence-corrected chi connectivity index (χ1v) is 6.29. The summed E-state index contributed by atoms with van der Waals surface area (Å²) in [7, 11) is 0. The minimum atomic E-state index is 0. The van der Waals surface area contributed by atoms with Crippen LogP contribution in [-0.2, 0) is 0 Å². The Bertz CT molecular complexity index is 396. The highest BCUT2D eigenvalue weighted by Crippen LogP contribution is 2.38. The first kappa shape index (κ1) is 15.6. The minimum absolute atomic E-state index is 0. The van der Waals surface area contributed by atoms with E-state index >= 15 is 0 Å². The molecule has 1 unspecified atom stereocenters. The molecule has 0 spiro atoms. The molecule has 0 radical (unpaired) electrons. The van der Waals surface area contributed by atoms with Crippen molar-refractivity contribution in [2.75, 3.05) is 13.1 Å². The average Bonchev–Trinajstić information content (AvgIpc) is 2.36. The summed E-state index contributed by atoms with van der Waals surface area (Å²) in [5.74, 6) is 0.676. The molecule has 3 saturated heterocycles. The van der Waals surface area contributed by atoms with Crippen LogP contribution >= 0.6 is 36.4 Å². The molecule has 3 aliphatic rings. The van der Waals surface area contributed by atoms with Gasteiger partial charge in [0.05, 0.1) is 5.38 Å². The highest BCUT2D eigenvalue weighted by atomic mass is 35.5. The second-order valence-corrected chi connectivity index (χ2v) is 5.05. The van der Waals surface area contributed by atoms with E-state index in [1.54, 1.807) is 6.20 Å². The van der Waals surface area contributed by atoms with Gasteiger partial charge in [-0.05, 0) is 36.5 Å². The van der Waals surface area contributed by atoms with Gasteiger partial charge in [-0.2, -0.15) is 0 Å². The van der Waals surface area contributed by atoms with Crippen molar-refractivity contribution in [2.45, 2.75) is 18.2 Å². The van der Waals surface area contributed by atoms with Gasteiger partial charge in [-0.15, -0.1) is 36.4 Å². The number of fused-ring (bicyclic) bond motifs is 3. The fourth-order valence-corrected chi connectivity index (χ4v) is 3.12. The summed E-state index contributed by atoms with van der Waals surface area (Å²) < 4.78 is 0. The van der Waals surface area contributed by atoms with Crippen LogP contribution in [0.4, 0.5) is 0 Å². The molecule has 0 aromatic carbocycles. The highest BCUT2D eigenvalue weighted by Gasteiger charge is 2.36. The normalized spacial score (nSPS) is 27.6. The van der Waals surface area contributed by atoms with E-state index in [2.05, 4.69) is 22.0 Å². The number of rotatable bonds is 1. The first-order valence-electron chi connectivity index (χ1n) is 5.85. The van der Waals surface area contributed by atoms with Crippen LogP contribution in [0.5, 0.6) is 0 Å². The number of halogens is 3. The molecule has 2 bridgehead atoms. The zero-order valence-electron chi connectivity index (χ0n) is 9.96. The van der Waals surface area contributed by atoms with Crippen molar-refractivity contribution < 1.29 is 0 Å². The number of hydrogen-bond acceptors (Lipinski definition) is 2. The van der Waals surface area contributed by atoms with Gasteiger partial charge in [-0.1, -0.05) is 6.07 Å². The molecule has 3 aliphatic heterocycles. The van der Waals surface area contributed by atoms with Gasteiger partial charge < -0.3 is 4.90 Å². The van der Waals surface area contributed by atoms with Crippen LogP contribution in [-0.4, -0.2) is 28.4 Å². The standard InChI is InChI=1S/C13H15ClN2.2ClH/c14-13-11-3-6-16(7-4-11)12(13)8-10-2-1-5-15-9-10;;/h1-2,5,8-9,11,13H,3-4,6-7H2;2*1H/b12-8-;;. The third-order valence-corrected chi connectivity index (χ3v) is 4.18. The van der Waals surface area contributed by atoms with Gasteiger partial charge in [0.25, 0.3) is 0 Å². The number of aromatic nitrogens is 1. The zero-order valence-corrected chi connectivity index (χ0v) is 12.3. The summed E-state index contributed by atoms with van der Waals surface area (Å²) in [6.07, 6.45) is 8.38. The van der Waals surface area contributed by atoms with Crippen molar-refractivity contribution in [2.24, 2.45) is 5.92 Å². The van der Waals surface area contributed by atoms with Crippen molar-refractivity contribution >= 4 is 42.5 Å². The molecule has 0 saturated carbocycles. The summed E-state index contributed by atoms with van der Waals surface area (Å²) in [6.45, 7) is 2.33. The molecular weight excluding hydrogens is 291 g/mol. The van der Waals surface area contributed by atoms with E-state index in [4.69, 9.17) is 11.6 Å². The SMILES string of the molecule is Cl.Cl.ClC1/C(=C/c2cccnc2)N2CCC1CC2. The van der Waals surface area contributed by atoms with E-state index in [1.807, 2.05) is 12.3 Å². The zero-order chi connectivity index (χ0) is 11.0. The van der Waals surface area contributed by atoms with Crippen LogP contribution in [0.3, 0.4) is 0 Å². The summed E-state index contributed by atoms with van der Waals surface area (Å²) in [4.78, 5) is 6.55. The minimum Gasteiger partial charge on any atom is -0.374 e. The molecule has 2 nitrogen and oxygen atoms in total. The van der Waals surface area contributed by atoms with Crippen molar-refractivity contribution in [1.29, 1.82) is 0 Å². The fraction of sp³-hybridized carbons (Fsp3) is 0.462. The predicted octanol–water partition coefficient (Wildman–Crippen LogP) is 3.60. The molecular formula is C13H17Cl3N2. The number of piperidine rings is 3.